The van der Waals surface area contributed by atoms with Gasteiger partial charge in [0.25, 0.3) is 0 Å². The quantitative estimate of drug-likeness (QED) is 0.592. The van der Waals surface area contributed by atoms with Crippen molar-refractivity contribution in [3.63, 3.8) is 0 Å². The van der Waals surface area contributed by atoms with Crippen molar-refractivity contribution in [1.29, 1.82) is 5.41 Å². The summed E-state index contributed by atoms with van der Waals surface area (Å²) >= 11 is 12.4. The Morgan fingerprint density at radius 2 is 1.89 bits per heavy atom. The van der Waals surface area contributed by atoms with Crippen LogP contribution in [0.3, 0.4) is 0 Å². The fraction of sp³-hybridized carbons (Fsp3) is 0.421. The second-order valence-corrected chi connectivity index (χ2v) is 7.42. The Labute approximate surface area is 169 Å². The Kier molecular flexibility index (Phi) is 6.88. The molecule has 1 aliphatic rings. The van der Waals surface area contributed by atoms with Crippen molar-refractivity contribution in [2.75, 3.05) is 17.7 Å². The molecule has 1 fully saturated rings. The van der Waals surface area contributed by atoms with Crippen molar-refractivity contribution >= 4 is 41.1 Å². The largest absolute Gasteiger partial charge is 0.383 e. The van der Waals surface area contributed by atoms with E-state index in [4.69, 9.17) is 39.1 Å². The molecule has 0 unspecified atom stereocenters. The summed E-state index contributed by atoms with van der Waals surface area (Å²) in [6.45, 7) is 0.604. The Morgan fingerprint density at radius 3 is 2.56 bits per heavy atom. The highest BCUT2D eigenvalue weighted by Gasteiger charge is 2.23. The van der Waals surface area contributed by atoms with Crippen molar-refractivity contribution in [2.45, 2.75) is 44.2 Å². The van der Waals surface area contributed by atoms with Crippen LogP contribution in [0.25, 0.3) is 0 Å². The number of nitrogens with two attached hydrogens (primary N) is 1. The first-order valence-corrected chi connectivity index (χ1v) is 9.76. The zero-order valence-electron chi connectivity index (χ0n) is 14.9. The SMILES string of the molecule is N=Cc1c(N)ncnc1NC1CCC(OCCc2c(Cl)cccc2Cl)CC1. The minimum absolute atomic E-state index is 0.238. The van der Waals surface area contributed by atoms with E-state index >= 15 is 0 Å². The van der Waals surface area contributed by atoms with Crippen LogP contribution < -0.4 is 11.1 Å². The molecule has 8 heteroatoms. The number of benzene rings is 1. The number of anilines is 2. The second kappa shape index (κ2) is 9.35. The first-order valence-electron chi connectivity index (χ1n) is 9.00. The number of halogens is 2. The maximum Gasteiger partial charge on any atom is 0.140 e. The van der Waals surface area contributed by atoms with Gasteiger partial charge in [-0.3, -0.25) is 0 Å². The summed E-state index contributed by atoms with van der Waals surface area (Å²) in [6, 6.07) is 5.83. The summed E-state index contributed by atoms with van der Waals surface area (Å²) in [5.41, 5.74) is 7.28. The van der Waals surface area contributed by atoms with Crippen LogP contribution in [-0.2, 0) is 11.2 Å². The van der Waals surface area contributed by atoms with Crippen LogP contribution in [0.15, 0.2) is 24.5 Å². The second-order valence-electron chi connectivity index (χ2n) is 6.60. The molecule has 0 bridgehead atoms. The van der Waals surface area contributed by atoms with Gasteiger partial charge in [-0.15, -0.1) is 0 Å². The average molecular weight is 408 g/mol. The molecule has 1 heterocycles. The Hall–Kier alpha value is -1.89. The molecule has 1 aromatic carbocycles. The molecule has 1 aliphatic carbocycles. The monoisotopic (exact) mass is 407 g/mol. The zero-order valence-corrected chi connectivity index (χ0v) is 16.4. The Balaban J connectivity index is 1.46. The van der Waals surface area contributed by atoms with Crippen LogP contribution in [0.4, 0.5) is 11.6 Å². The maximum atomic E-state index is 7.49. The van der Waals surface area contributed by atoms with Gasteiger partial charge in [0, 0.05) is 22.3 Å². The van der Waals surface area contributed by atoms with Crippen molar-refractivity contribution in [2.24, 2.45) is 0 Å². The van der Waals surface area contributed by atoms with Gasteiger partial charge in [-0.05, 0) is 49.8 Å². The number of ether oxygens (including phenoxy) is 1. The van der Waals surface area contributed by atoms with Crippen LogP contribution in [0.1, 0.15) is 36.8 Å². The van der Waals surface area contributed by atoms with Gasteiger partial charge in [-0.2, -0.15) is 0 Å². The summed E-state index contributed by atoms with van der Waals surface area (Å²) in [4.78, 5) is 8.14. The smallest absolute Gasteiger partial charge is 0.140 e. The number of nitrogens with zero attached hydrogens (tertiary/aromatic N) is 2. The molecular weight excluding hydrogens is 385 g/mol. The fourth-order valence-electron chi connectivity index (χ4n) is 3.33. The summed E-state index contributed by atoms with van der Waals surface area (Å²) < 4.78 is 6.03. The van der Waals surface area contributed by atoms with Gasteiger partial charge in [0.2, 0.25) is 0 Å². The number of hydrogen-bond acceptors (Lipinski definition) is 6. The van der Waals surface area contributed by atoms with Crippen molar-refractivity contribution in [1.82, 2.24) is 9.97 Å². The summed E-state index contributed by atoms with van der Waals surface area (Å²) in [5, 5.41) is 12.2. The van der Waals surface area contributed by atoms with Gasteiger partial charge in [0.15, 0.2) is 0 Å². The summed E-state index contributed by atoms with van der Waals surface area (Å²) in [7, 11) is 0. The van der Waals surface area contributed by atoms with E-state index in [1.165, 1.54) is 12.5 Å². The number of nitrogens with one attached hydrogen (secondary N) is 2. The normalized spacial score (nSPS) is 19.6. The molecule has 0 amide bonds. The highest BCUT2D eigenvalue weighted by atomic mass is 35.5. The van der Waals surface area contributed by atoms with Gasteiger partial charge in [-0.25, -0.2) is 9.97 Å². The molecule has 0 saturated heterocycles. The molecule has 1 saturated carbocycles. The third-order valence-corrected chi connectivity index (χ3v) is 5.55. The van der Waals surface area contributed by atoms with Crippen LogP contribution >= 0.6 is 23.2 Å². The van der Waals surface area contributed by atoms with Crippen molar-refractivity contribution in [3.05, 3.63) is 45.7 Å². The molecule has 0 spiro atoms. The van der Waals surface area contributed by atoms with Gasteiger partial charge >= 0.3 is 0 Å². The fourth-order valence-corrected chi connectivity index (χ4v) is 3.92. The summed E-state index contributed by atoms with van der Waals surface area (Å²) in [6.07, 6.45) is 7.42. The average Bonchev–Trinajstić information content (AvgIpc) is 2.66. The Morgan fingerprint density at radius 1 is 1.19 bits per heavy atom. The molecule has 3 rings (SSSR count). The molecule has 4 N–H and O–H groups in total. The van der Waals surface area contributed by atoms with E-state index in [9.17, 15) is 0 Å². The van der Waals surface area contributed by atoms with E-state index in [0.717, 1.165) is 31.2 Å². The van der Waals surface area contributed by atoms with Gasteiger partial charge in [-0.1, -0.05) is 29.3 Å². The van der Waals surface area contributed by atoms with E-state index in [1.54, 1.807) is 0 Å². The molecule has 144 valence electrons. The highest BCUT2D eigenvalue weighted by Crippen LogP contribution is 2.27. The molecule has 0 atom stereocenters. The Bertz CT molecular complexity index is 773. The molecule has 0 aliphatic heterocycles. The van der Waals surface area contributed by atoms with E-state index < -0.39 is 0 Å². The summed E-state index contributed by atoms with van der Waals surface area (Å²) in [5.74, 6) is 0.938. The standard InChI is InChI=1S/C19H23Cl2N5O/c20-16-2-1-3-17(21)14(16)8-9-27-13-6-4-12(5-7-13)26-19-15(10-22)18(23)24-11-25-19/h1-3,10-13,22H,4-9H2,(H3,23,24,25,26). The van der Waals surface area contributed by atoms with Crippen molar-refractivity contribution < 1.29 is 4.74 Å². The lowest BCUT2D eigenvalue weighted by molar-refractivity contribution is 0.0283. The lowest BCUT2D eigenvalue weighted by Gasteiger charge is -2.30. The van der Waals surface area contributed by atoms with Crippen LogP contribution in [0, 0.1) is 5.41 Å². The third kappa shape index (κ3) is 5.09. The number of nitrogen functional groups attached to an aromatic ring is 1. The van der Waals surface area contributed by atoms with E-state index in [0.29, 0.717) is 40.3 Å². The minimum Gasteiger partial charge on any atom is -0.383 e. The first kappa shape index (κ1) is 19.9. The van der Waals surface area contributed by atoms with Gasteiger partial charge < -0.3 is 21.2 Å². The molecule has 27 heavy (non-hydrogen) atoms. The number of aromatic nitrogens is 2. The van der Waals surface area contributed by atoms with Gasteiger partial charge in [0.05, 0.1) is 18.3 Å². The van der Waals surface area contributed by atoms with Gasteiger partial charge in [0.1, 0.15) is 18.0 Å². The molecule has 6 nitrogen and oxygen atoms in total. The predicted molar refractivity (Wildman–Crippen MR) is 110 cm³/mol. The highest BCUT2D eigenvalue weighted by molar-refractivity contribution is 6.35. The molecular formula is C19H23Cl2N5O. The predicted octanol–water partition coefficient (Wildman–Crippen LogP) is 4.35. The molecule has 0 radical (unpaired) electrons. The molecule has 1 aromatic heterocycles. The number of rotatable bonds is 7. The van der Waals surface area contributed by atoms with Crippen LogP contribution in [0.5, 0.6) is 0 Å². The third-order valence-electron chi connectivity index (χ3n) is 4.84. The maximum absolute atomic E-state index is 7.49. The van der Waals surface area contributed by atoms with E-state index in [2.05, 4.69) is 15.3 Å². The van der Waals surface area contributed by atoms with Crippen molar-refractivity contribution in [3.8, 4) is 0 Å². The van der Waals surface area contributed by atoms with E-state index in [-0.39, 0.29) is 12.1 Å². The molecule has 2 aromatic rings. The lowest BCUT2D eigenvalue weighted by Crippen LogP contribution is -2.31. The minimum atomic E-state index is 0.238. The van der Waals surface area contributed by atoms with Crippen LogP contribution in [0.2, 0.25) is 10.0 Å². The lowest BCUT2D eigenvalue weighted by atomic mass is 9.93. The first-order chi connectivity index (χ1) is 13.1. The zero-order chi connectivity index (χ0) is 19.2. The van der Waals surface area contributed by atoms with E-state index in [1.807, 2.05) is 18.2 Å². The topological polar surface area (TPSA) is 96.9 Å². The number of hydrogen-bond donors (Lipinski definition) is 3. The van der Waals surface area contributed by atoms with Crippen LogP contribution in [-0.4, -0.2) is 34.9 Å².